The maximum atomic E-state index is 13.4. The third kappa shape index (κ3) is 3.26. The number of phenols is 1. The summed E-state index contributed by atoms with van der Waals surface area (Å²) in [4.78, 5) is 38.0. The predicted octanol–water partition coefficient (Wildman–Crippen LogP) is 2.71. The SMILES string of the molecule is O=C(c1cnccn1)N1C[C@@H]2CC[C@H](C1)N(C(=O)c1cc3ccccc3cc1O)C2. The van der Waals surface area contributed by atoms with Gasteiger partial charge in [0.2, 0.25) is 0 Å². The number of fused-ring (bicyclic) bond motifs is 5. The third-order valence-corrected chi connectivity index (χ3v) is 6.14. The van der Waals surface area contributed by atoms with Crippen molar-refractivity contribution in [2.24, 2.45) is 5.92 Å². The molecule has 30 heavy (non-hydrogen) atoms. The van der Waals surface area contributed by atoms with Crippen molar-refractivity contribution in [2.45, 2.75) is 18.9 Å². The molecule has 152 valence electrons. The fraction of sp³-hybridized carbons (Fsp3) is 0.304. The summed E-state index contributed by atoms with van der Waals surface area (Å²) in [5.74, 6) is -0.133. The van der Waals surface area contributed by atoms with E-state index in [2.05, 4.69) is 9.97 Å². The number of nitrogens with zero attached hydrogens (tertiary/aromatic N) is 4. The predicted molar refractivity (Wildman–Crippen MR) is 111 cm³/mol. The molecule has 7 nitrogen and oxygen atoms in total. The van der Waals surface area contributed by atoms with Crippen LogP contribution in [0.2, 0.25) is 0 Å². The van der Waals surface area contributed by atoms with Gasteiger partial charge in [0.1, 0.15) is 11.4 Å². The summed E-state index contributed by atoms with van der Waals surface area (Å²) in [6.45, 7) is 1.64. The second-order valence-corrected chi connectivity index (χ2v) is 8.07. The van der Waals surface area contributed by atoms with Crippen LogP contribution < -0.4 is 0 Å². The second-order valence-electron chi connectivity index (χ2n) is 8.07. The van der Waals surface area contributed by atoms with Gasteiger partial charge < -0.3 is 14.9 Å². The molecule has 3 aliphatic rings. The van der Waals surface area contributed by atoms with Crippen LogP contribution >= 0.6 is 0 Å². The molecule has 6 rings (SSSR count). The molecule has 3 fully saturated rings. The first kappa shape index (κ1) is 18.5. The van der Waals surface area contributed by atoms with E-state index in [-0.39, 0.29) is 29.5 Å². The fourth-order valence-corrected chi connectivity index (χ4v) is 4.62. The smallest absolute Gasteiger partial charge is 0.274 e. The lowest BCUT2D eigenvalue weighted by Gasteiger charge is -2.36. The number of piperidine rings is 1. The Morgan fingerprint density at radius 3 is 2.53 bits per heavy atom. The number of amides is 2. The van der Waals surface area contributed by atoms with Gasteiger partial charge in [-0.15, -0.1) is 0 Å². The highest BCUT2D eigenvalue weighted by molar-refractivity contribution is 6.01. The van der Waals surface area contributed by atoms with Crippen molar-refractivity contribution in [1.82, 2.24) is 19.8 Å². The van der Waals surface area contributed by atoms with Crippen LogP contribution in [0.15, 0.2) is 55.0 Å². The van der Waals surface area contributed by atoms with E-state index in [4.69, 9.17) is 0 Å². The topological polar surface area (TPSA) is 86.6 Å². The van der Waals surface area contributed by atoms with Crippen LogP contribution in [-0.2, 0) is 0 Å². The van der Waals surface area contributed by atoms with Crippen molar-refractivity contribution in [3.8, 4) is 5.75 Å². The first-order valence-corrected chi connectivity index (χ1v) is 10.2. The van der Waals surface area contributed by atoms with E-state index in [0.717, 1.165) is 23.6 Å². The number of phenolic OH excluding ortho intramolecular Hbond substituents is 1. The molecule has 2 bridgehead atoms. The molecule has 2 atom stereocenters. The molecule has 0 spiro atoms. The van der Waals surface area contributed by atoms with Gasteiger partial charge in [-0.3, -0.25) is 14.6 Å². The summed E-state index contributed by atoms with van der Waals surface area (Å²) < 4.78 is 0. The normalized spacial score (nSPS) is 20.9. The molecule has 7 heteroatoms. The minimum Gasteiger partial charge on any atom is -0.507 e. The van der Waals surface area contributed by atoms with Gasteiger partial charge in [-0.25, -0.2) is 4.98 Å². The molecule has 1 aromatic heterocycles. The lowest BCUT2D eigenvalue weighted by Crippen LogP contribution is -2.47. The standard InChI is InChI=1S/C23H22N4O3/c28-21-10-17-4-2-1-3-16(17)9-19(21)22(29)27-13-15-5-6-18(27)14-26(12-15)23(30)20-11-24-7-8-25-20/h1-4,7-11,15,18,28H,5-6,12-14H2/t15-,18+/m0/s1. The molecule has 4 heterocycles. The highest BCUT2D eigenvalue weighted by atomic mass is 16.3. The van der Waals surface area contributed by atoms with Crippen LogP contribution in [-0.4, -0.2) is 62.4 Å². The molecule has 1 N–H and O–H groups in total. The lowest BCUT2D eigenvalue weighted by molar-refractivity contribution is 0.0571. The summed E-state index contributed by atoms with van der Waals surface area (Å²) in [6.07, 6.45) is 6.35. The number of benzene rings is 2. The van der Waals surface area contributed by atoms with E-state index in [0.29, 0.717) is 30.9 Å². The van der Waals surface area contributed by atoms with Gasteiger partial charge in [-0.05, 0) is 41.7 Å². The van der Waals surface area contributed by atoms with Crippen LogP contribution in [0.25, 0.3) is 10.8 Å². The van der Waals surface area contributed by atoms with E-state index >= 15 is 0 Å². The van der Waals surface area contributed by atoms with Crippen LogP contribution in [0.1, 0.15) is 33.7 Å². The molecule has 3 aliphatic heterocycles. The Labute approximate surface area is 174 Å². The second kappa shape index (κ2) is 7.40. The molecule has 0 saturated carbocycles. The van der Waals surface area contributed by atoms with E-state index in [1.54, 1.807) is 23.2 Å². The van der Waals surface area contributed by atoms with Gasteiger partial charge in [0, 0.05) is 38.1 Å². The summed E-state index contributed by atoms with van der Waals surface area (Å²) >= 11 is 0. The van der Waals surface area contributed by atoms with E-state index in [1.165, 1.54) is 12.4 Å². The molecular formula is C23H22N4O3. The zero-order chi connectivity index (χ0) is 20.7. The van der Waals surface area contributed by atoms with Crippen molar-refractivity contribution in [1.29, 1.82) is 0 Å². The molecule has 0 unspecified atom stereocenters. The Bertz CT molecular complexity index is 1120. The van der Waals surface area contributed by atoms with E-state index < -0.39 is 0 Å². The van der Waals surface area contributed by atoms with Gasteiger partial charge in [0.25, 0.3) is 11.8 Å². The van der Waals surface area contributed by atoms with Crippen LogP contribution in [0.4, 0.5) is 0 Å². The molecular weight excluding hydrogens is 380 g/mol. The zero-order valence-electron chi connectivity index (χ0n) is 16.4. The molecule has 0 aliphatic carbocycles. The number of aromatic hydroxyl groups is 1. The van der Waals surface area contributed by atoms with Crippen LogP contribution in [0, 0.1) is 5.92 Å². The van der Waals surface area contributed by atoms with Crippen LogP contribution in [0.5, 0.6) is 5.75 Å². The number of carbonyl (C=O) groups excluding carboxylic acids is 2. The Balaban J connectivity index is 1.42. The quantitative estimate of drug-likeness (QED) is 0.712. The highest BCUT2D eigenvalue weighted by Crippen LogP contribution is 2.32. The minimum absolute atomic E-state index is 0.00804. The monoisotopic (exact) mass is 402 g/mol. The molecule has 2 aromatic carbocycles. The van der Waals surface area contributed by atoms with Crippen molar-refractivity contribution in [3.05, 3.63) is 66.2 Å². The van der Waals surface area contributed by atoms with Gasteiger partial charge >= 0.3 is 0 Å². The van der Waals surface area contributed by atoms with Crippen molar-refractivity contribution < 1.29 is 14.7 Å². The number of rotatable bonds is 2. The highest BCUT2D eigenvalue weighted by Gasteiger charge is 2.39. The number of aromatic nitrogens is 2. The van der Waals surface area contributed by atoms with Gasteiger partial charge in [-0.1, -0.05) is 24.3 Å². The summed E-state index contributed by atoms with van der Waals surface area (Å²) in [6, 6.07) is 11.0. The molecule has 3 saturated heterocycles. The average molecular weight is 402 g/mol. The summed E-state index contributed by atoms with van der Waals surface area (Å²) in [5.41, 5.74) is 0.636. The van der Waals surface area contributed by atoms with Gasteiger partial charge in [0.05, 0.1) is 11.8 Å². The maximum Gasteiger partial charge on any atom is 0.274 e. The zero-order valence-corrected chi connectivity index (χ0v) is 16.4. The Kier molecular flexibility index (Phi) is 4.58. The number of hydrogen-bond acceptors (Lipinski definition) is 5. The Hall–Kier alpha value is -3.48. The van der Waals surface area contributed by atoms with Crippen LogP contribution in [0.3, 0.4) is 0 Å². The molecule has 0 radical (unpaired) electrons. The number of hydrogen-bond donors (Lipinski definition) is 1. The molecule has 3 aromatic rings. The Morgan fingerprint density at radius 2 is 1.77 bits per heavy atom. The number of carbonyl (C=O) groups is 2. The third-order valence-electron chi connectivity index (χ3n) is 6.14. The largest absolute Gasteiger partial charge is 0.507 e. The molecule has 2 amide bonds. The Morgan fingerprint density at radius 1 is 0.967 bits per heavy atom. The average Bonchev–Trinajstić information content (AvgIpc) is 3.10. The lowest BCUT2D eigenvalue weighted by atomic mass is 9.94. The summed E-state index contributed by atoms with van der Waals surface area (Å²) in [5, 5.41) is 12.3. The van der Waals surface area contributed by atoms with E-state index in [1.807, 2.05) is 29.2 Å². The van der Waals surface area contributed by atoms with Crippen molar-refractivity contribution >= 4 is 22.6 Å². The first-order valence-electron chi connectivity index (χ1n) is 10.2. The summed E-state index contributed by atoms with van der Waals surface area (Å²) in [7, 11) is 0. The fourth-order valence-electron chi connectivity index (χ4n) is 4.62. The van der Waals surface area contributed by atoms with Gasteiger partial charge in [0.15, 0.2) is 0 Å². The first-order chi connectivity index (χ1) is 14.6. The minimum atomic E-state index is -0.179. The van der Waals surface area contributed by atoms with Crippen molar-refractivity contribution in [3.63, 3.8) is 0 Å². The van der Waals surface area contributed by atoms with Crippen molar-refractivity contribution in [2.75, 3.05) is 19.6 Å². The van der Waals surface area contributed by atoms with Gasteiger partial charge in [-0.2, -0.15) is 0 Å². The maximum absolute atomic E-state index is 13.4. The van der Waals surface area contributed by atoms with E-state index in [9.17, 15) is 14.7 Å².